The topological polar surface area (TPSA) is 61.4 Å². The monoisotopic (exact) mass is 359 g/mol. The molecule has 0 aromatic heterocycles. The fraction of sp³-hybridized carbons (Fsp3) is 0.889. The third-order valence-corrected chi connectivity index (χ3v) is 4.77. The number of likely N-dealkylation sites (tertiary alicyclic amines) is 1. The highest BCUT2D eigenvalue weighted by atomic mass is 35.5. The third kappa shape index (κ3) is 7.39. The van der Waals surface area contributed by atoms with Crippen LogP contribution in [0.2, 0.25) is 0 Å². The highest BCUT2D eigenvalue weighted by Crippen LogP contribution is 2.28. The van der Waals surface area contributed by atoms with Crippen LogP contribution in [-0.4, -0.2) is 48.9 Å². The van der Waals surface area contributed by atoms with Gasteiger partial charge in [0.15, 0.2) is 0 Å². The Kier molecular flexibility index (Phi) is 8.51. The van der Waals surface area contributed by atoms with Gasteiger partial charge in [0.2, 0.25) is 11.8 Å². The predicted molar refractivity (Wildman–Crippen MR) is 99.3 cm³/mol. The lowest BCUT2D eigenvalue weighted by atomic mass is 9.96. The molecule has 2 amide bonds. The van der Waals surface area contributed by atoms with Crippen molar-refractivity contribution in [3.63, 3.8) is 0 Å². The molecular weight excluding hydrogens is 326 g/mol. The normalized spacial score (nSPS) is 18.9. The van der Waals surface area contributed by atoms with E-state index in [0.29, 0.717) is 19.0 Å². The number of halogens is 1. The Morgan fingerprint density at radius 2 is 1.71 bits per heavy atom. The number of nitrogens with one attached hydrogen (secondary N) is 2. The molecule has 1 aliphatic carbocycles. The lowest BCUT2D eigenvalue weighted by molar-refractivity contribution is -0.133. The van der Waals surface area contributed by atoms with Gasteiger partial charge in [-0.15, -0.1) is 12.4 Å². The van der Waals surface area contributed by atoms with Crippen LogP contribution >= 0.6 is 12.4 Å². The number of amides is 2. The molecule has 0 bridgehead atoms. The standard InChI is InChI=1S/C18H33N3O2.ClH/c1-18(2,3)17(23)19-10-4-5-16(22)21-11-8-15(9-12-21)20-13-14-6-7-14;/h14-15,20H,4-13H2,1-3H3,(H,19,23);1H. The zero-order chi connectivity index (χ0) is 16.9. The second-order valence-corrected chi connectivity index (χ2v) is 8.12. The van der Waals surface area contributed by atoms with Crippen LogP contribution in [0.1, 0.15) is 59.3 Å². The predicted octanol–water partition coefficient (Wildman–Crippen LogP) is 2.34. The van der Waals surface area contributed by atoms with Crippen molar-refractivity contribution in [1.82, 2.24) is 15.5 Å². The van der Waals surface area contributed by atoms with Gasteiger partial charge >= 0.3 is 0 Å². The summed E-state index contributed by atoms with van der Waals surface area (Å²) < 4.78 is 0. The number of hydrogen-bond acceptors (Lipinski definition) is 3. The molecule has 0 atom stereocenters. The van der Waals surface area contributed by atoms with Crippen molar-refractivity contribution >= 4 is 24.2 Å². The van der Waals surface area contributed by atoms with E-state index in [4.69, 9.17) is 0 Å². The fourth-order valence-electron chi connectivity index (χ4n) is 2.85. The van der Waals surface area contributed by atoms with Crippen LogP contribution in [0.5, 0.6) is 0 Å². The molecule has 5 nitrogen and oxygen atoms in total. The zero-order valence-corrected chi connectivity index (χ0v) is 16.2. The van der Waals surface area contributed by atoms with Crippen LogP contribution in [0.25, 0.3) is 0 Å². The van der Waals surface area contributed by atoms with E-state index in [9.17, 15) is 9.59 Å². The zero-order valence-electron chi connectivity index (χ0n) is 15.4. The largest absolute Gasteiger partial charge is 0.356 e. The lowest BCUT2D eigenvalue weighted by Gasteiger charge is -2.32. The first-order chi connectivity index (χ1) is 10.9. The van der Waals surface area contributed by atoms with Gasteiger partial charge in [-0.2, -0.15) is 0 Å². The van der Waals surface area contributed by atoms with Gasteiger partial charge in [-0.05, 0) is 44.6 Å². The van der Waals surface area contributed by atoms with E-state index in [0.717, 1.165) is 44.8 Å². The SMILES string of the molecule is CC(C)(C)C(=O)NCCCC(=O)N1CCC(NCC2CC2)CC1.Cl. The summed E-state index contributed by atoms with van der Waals surface area (Å²) >= 11 is 0. The molecular formula is C18H34ClN3O2. The van der Waals surface area contributed by atoms with Crippen LogP contribution < -0.4 is 10.6 Å². The summed E-state index contributed by atoms with van der Waals surface area (Å²) in [7, 11) is 0. The highest BCUT2D eigenvalue weighted by molar-refractivity contribution is 5.85. The van der Waals surface area contributed by atoms with Gasteiger partial charge in [0.25, 0.3) is 0 Å². The summed E-state index contributed by atoms with van der Waals surface area (Å²) in [5.74, 6) is 1.20. The smallest absolute Gasteiger partial charge is 0.225 e. The van der Waals surface area contributed by atoms with Crippen molar-refractivity contribution in [2.45, 2.75) is 65.3 Å². The minimum atomic E-state index is -0.362. The van der Waals surface area contributed by atoms with Gasteiger partial charge in [0.05, 0.1) is 0 Å². The first kappa shape index (κ1) is 21.2. The number of rotatable bonds is 7. The molecule has 2 N–H and O–H groups in total. The maximum absolute atomic E-state index is 12.2. The van der Waals surface area contributed by atoms with Gasteiger partial charge in [-0.3, -0.25) is 9.59 Å². The average molecular weight is 360 g/mol. The van der Waals surface area contributed by atoms with Crippen molar-refractivity contribution in [1.29, 1.82) is 0 Å². The molecule has 2 rings (SSSR count). The number of piperidine rings is 1. The molecule has 2 aliphatic rings. The molecule has 1 aliphatic heterocycles. The van der Waals surface area contributed by atoms with Crippen molar-refractivity contribution < 1.29 is 9.59 Å². The first-order valence-corrected chi connectivity index (χ1v) is 9.15. The lowest BCUT2D eigenvalue weighted by Crippen LogP contribution is -2.45. The summed E-state index contributed by atoms with van der Waals surface area (Å²) in [4.78, 5) is 25.9. The summed E-state index contributed by atoms with van der Waals surface area (Å²) in [6.45, 7) is 9.18. The van der Waals surface area contributed by atoms with Crippen LogP contribution in [0.15, 0.2) is 0 Å². The Bertz CT molecular complexity index is 411. The molecule has 0 unspecified atom stereocenters. The van der Waals surface area contributed by atoms with Crippen LogP contribution in [0.3, 0.4) is 0 Å². The minimum absolute atomic E-state index is 0. The van der Waals surface area contributed by atoms with E-state index in [1.54, 1.807) is 0 Å². The van der Waals surface area contributed by atoms with E-state index in [1.807, 2.05) is 25.7 Å². The van der Waals surface area contributed by atoms with Gasteiger partial charge < -0.3 is 15.5 Å². The quantitative estimate of drug-likeness (QED) is 0.686. The second kappa shape index (κ2) is 9.62. The summed E-state index contributed by atoms with van der Waals surface area (Å²) in [5, 5.41) is 6.54. The second-order valence-electron chi connectivity index (χ2n) is 8.12. The maximum atomic E-state index is 12.2. The molecule has 0 aromatic carbocycles. The summed E-state index contributed by atoms with van der Waals surface area (Å²) in [5.41, 5.74) is -0.362. The van der Waals surface area contributed by atoms with Crippen LogP contribution in [-0.2, 0) is 9.59 Å². The molecule has 1 saturated carbocycles. The Labute approximate surface area is 152 Å². The average Bonchev–Trinajstić information content (AvgIpc) is 3.33. The summed E-state index contributed by atoms with van der Waals surface area (Å²) in [6, 6.07) is 0.589. The maximum Gasteiger partial charge on any atom is 0.225 e. The molecule has 140 valence electrons. The van der Waals surface area contributed by atoms with Crippen LogP contribution in [0.4, 0.5) is 0 Å². The Balaban J connectivity index is 0.00000288. The Morgan fingerprint density at radius 3 is 2.25 bits per heavy atom. The summed E-state index contributed by atoms with van der Waals surface area (Å²) in [6.07, 6.45) is 6.16. The number of hydrogen-bond donors (Lipinski definition) is 2. The number of carbonyl (C=O) groups is 2. The van der Waals surface area contributed by atoms with E-state index in [-0.39, 0.29) is 29.6 Å². The molecule has 1 saturated heterocycles. The van der Waals surface area contributed by atoms with Gasteiger partial charge in [-0.25, -0.2) is 0 Å². The van der Waals surface area contributed by atoms with Crippen molar-refractivity contribution in [3.05, 3.63) is 0 Å². The number of nitrogens with zero attached hydrogens (tertiary/aromatic N) is 1. The van der Waals surface area contributed by atoms with Gasteiger partial charge in [-0.1, -0.05) is 20.8 Å². The first-order valence-electron chi connectivity index (χ1n) is 9.15. The van der Waals surface area contributed by atoms with Crippen molar-refractivity contribution in [2.75, 3.05) is 26.2 Å². The van der Waals surface area contributed by atoms with E-state index >= 15 is 0 Å². The molecule has 24 heavy (non-hydrogen) atoms. The van der Waals surface area contributed by atoms with Crippen LogP contribution in [0, 0.1) is 11.3 Å². The minimum Gasteiger partial charge on any atom is -0.356 e. The fourth-order valence-corrected chi connectivity index (χ4v) is 2.85. The van der Waals surface area contributed by atoms with Gasteiger partial charge in [0, 0.05) is 37.5 Å². The third-order valence-electron chi connectivity index (χ3n) is 4.77. The van der Waals surface area contributed by atoms with E-state index in [2.05, 4.69) is 10.6 Å². The van der Waals surface area contributed by atoms with E-state index < -0.39 is 0 Å². The molecule has 0 aromatic rings. The molecule has 0 spiro atoms. The Morgan fingerprint density at radius 1 is 1.08 bits per heavy atom. The Hall–Kier alpha value is -0.810. The van der Waals surface area contributed by atoms with E-state index in [1.165, 1.54) is 12.8 Å². The van der Waals surface area contributed by atoms with Crippen molar-refractivity contribution in [3.8, 4) is 0 Å². The highest BCUT2D eigenvalue weighted by Gasteiger charge is 2.26. The van der Waals surface area contributed by atoms with Gasteiger partial charge in [0.1, 0.15) is 0 Å². The van der Waals surface area contributed by atoms with Crippen molar-refractivity contribution in [2.24, 2.45) is 11.3 Å². The molecule has 6 heteroatoms. The molecule has 2 fully saturated rings. The number of carbonyl (C=O) groups excluding carboxylic acids is 2. The molecule has 1 heterocycles. The molecule has 0 radical (unpaired) electrons.